The predicted octanol–water partition coefficient (Wildman–Crippen LogP) is 0.214. The Kier molecular flexibility index (Phi) is 2.97. The number of carbonyl (C=O) groups excluding carboxylic acids is 1. The van der Waals surface area contributed by atoms with E-state index in [4.69, 9.17) is 17.9 Å². The zero-order valence-electron chi connectivity index (χ0n) is 7.58. The normalized spacial score (nSPS) is 9.07. The molecular weight excluding hydrogens is 178 g/mol. The zero-order valence-corrected chi connectivity index (χ0v) is 7.58. The average molecular weight is 189 g/mol. The molecule has 0 aliphatic rings. The monoisotopic (exact) mass is 189 g/mol. The molecule has 0 saturated heterocycles. The highest BCUT2D eigenvalue weighted by molar-refractivity contribution is 5.96. The van der Waals surface area contributed by atoms with Crippen molar-refractivity contribution in [1.82, 2.24) is 5.32 Å². The summed E-state index contributed by atoms with van der Waals surface area (Å²) >= 11 is 0. The van der Waals surface area contributed by atoms with Gasteiger partial charge in [-0.3, -0.25) is 4.79 Å². The lowest BCUT2D eigenvalue weighted by molar-refractivity contribution is 0.0959. The van der Waals surface area contributed by atoms with E-state index in [2.05, 4.69) is 11.2 Å². The van der Waals surface area contributed by atoms with Crippen molar-refractivity contribution in [3.05, 3.63) is 23.8 Å². The first kappa shape index (κ1) is 9.93. The van der Waals surface area contributed by atoms with Gasteiger partial charge < -0.3 is 16.8 Å². The molecule has 1 aromatic rings. The summed E-state index contributed by atoms with van der Waals surface area (Å²) in [6, 6.07) is 4.67. The first-order valence-corrected chi connectivity index (χ1v) is 4.01. The summed E-state index contributed by atoms with van der Waals surface area (Å²) in [5.41, 5.74) is 12.4. The van der Waals surface area contributed by atoms with Crippen molar-refractivity contribution in [1.29, 1.82) is 0 Å². The Morgan fingerprint density at radius 2 is 1.93 bits per heavy atom. The van der Waals surface area contributed by atoms with Crippen LogP contribution in [-0.4, -0.2) is 12.5 Å². The number of hydrogen-bond acceptors (Lipinski definition) is 3. The fourth-order valence-electron chi connectivity index (χ4n) is 1.04. The van der Waals surface area contributed by atoms with Crippen LogP contribution in [0.5, 0.6) is 0 Å². The highest BCUT2D eigenvalue weighted by Crippen LogP contribution is 2.13. The molecule has 0 atom stereocenters. The smallest absolute Gasteiger partial charge is 0.252 e. The van der Waals surface area contributed by atoms with Crippen LogP contribution in [0, 0.1) is 12.3 Å². The zero-order chi connectivity index (χ0) is 10.6. The van der Waals surface area contributed by atoms with E-state index in [0.717, 1.165) is 0 Å². The fourth-order valence-corrected chi connectivity index (χ4v) is 1.04. The number of anilines is 2. The van der Waals surface area contributed by atoms with E-state index in [-0.39, 0.29) is 12.5 Å². The fraction of sp³-hybridized carbons (Fsp3) is 0.100. The van der Waals surface area contributed by atoms with Crippen molar-refractivity contribution in [3.8, 4) is 12.3 Å². The van der Waals surface area contributed by atoms with Crippen molar-refractivity contribution in [2.45, 2.75) is 0 Å². The Morgan fingerprint density at radius 1 is 1.36 bits per heavy atom. The van der Waals surface area contributed by atoms with E-state index in [1.165, 1.54) is 0 Å². The second-order valence-electron chi connectivity index (χ2n) is 2.78. The average Bonchev–Trinajstić information content (AvgIpc) is 2.12. The van der Waals surface area contributed by atoms with Gasteiger partial charge in [-0.25, -0.2) is 0 Å². The Balaban J connectivity index is 2.85. The largest absolute Gasteiger partial charge is 0.399 e. The first-order chi connectivity index (χ1) is 6.63. The maximum atomic E-state index is 11.4. The second kappa shape index (κ2) is 4.19. The van der Waals surface area contributed by atoms with Gasteiger partial charge in [-0.2, -0.15) is 0 Å². The summed E-state index contributed by atoms with van der Waals surface area (Å²) in [5.74, 6) is 2.03. The van der Waals surface area contributed by atoms with E-state index in [9.17, 15) is 4.79 Å². The topological polar surface area (TPSA) is 81.1 Å². The quantitative estimate of drug-likeness (QED) is 0.459. The highest BCUT2D eigenvalue weighted by atomic mass is 16.1. The van der Waals surface area contributed by atoms with E-state index in [0.29, 0.717) is 16.9 Å². The van der Waals surface area contributed by atoms with Crippen LogP contribution in [0.1, 0.15) is 10.4 Å². The molecule has 0 aliphatic carbocycles. The molecule has 72 valence electrons. The van der Waals surface area contributed by atoms with Crippen molar-refractivity contribution in [3.63, 3.8) is 0 Å². The van der Waals surface area contributed by atoms with Gasteiger partial charge in [0.05, 0.1) is 6.54 Å². The summed E-state index contributed by atoms with van der Waals surface area (Å²) in [5, 5.41) is 2.52. The first-order valence-electron chi connectivity index (χ1n) is 4.01. The van der Waals surface area contributed by atoms with Crippen LogP contribution >= 0.6 is 0 Å². The third kappa shape index (κ3) is 2.42. The number of nitrogens with two attached hydrogens (primary N) is 2. The molecule has 14 heavy (non-hydrogen) atoms. The van der Waals surface area contributed by atoms with Crippen molar-refractivity contribution in [2.75, 3.05) is 18.0 Å². The summed E-state index contributed by atoms with van der Waals surface area (Å²) in [7, 11) is 0. The number of rotatable bonds is 2. The van der Waals surface area contributed by atoms with Gasteiger partial charge in [-0.1, -0.05) is 5.92 Å². The molecule has 0 aromatic heterocycles. The maximum Gasteiger partial charge on any atom is 0.252 e. The van der Waals surface area contributed by atoms with Crippen LogP contribution in [0.4, 0.5) is 11.4 Å². The van der Waals surface area contributed by atoms with Gasteiger partial charge in [0, 0.05) is 16.9 Å². The lowest BCUT2D eigenvalue weighted by Gasteiger charge is -2.04. The molecule has 0 unspecified atom stereocenters. The van der Waals surface area contributed by atoms with Crippen LogP contribution in [-0.2, 0) is 0 Å². The minimum absolute atomic E-state index is 0.188. The van der Waals surface area contributed by atoms with E-state index >= 15 is 0 Å². The number of nitrogen functional groups attached to an aromatic ring is 2. The van der Waals surface area contributed by atoms with Crippen LogP contribution in [0.2, 0.25) is 0 Å². The molecule has 0 heterocycles. The Morgan fingerprint density at radius 3 is 2.43 bits per heavy atom. The highest BCUT2D eigenvalue weighted by Gasteiger charge is 2.05. The number of amides is 1. The minimum Gasteiger partial charge on any atom is -0.399 e. The lowest BCUT2D eigenvalue weighted by atomic mass is 10.1. The molecule has 0 fully saturated rings. The van der Waals surface area contributed by atoms with Gasteiger partial charge in [0.25, 0.3) is 5.91 Å². The molecule has 5 N–H and O–H groups in total. The van der Waals surface area contributed by atoms with Gasteiger partial charge in [0.1, 0.15) is 0 Å². The third-order valence-electron chi connectivity index (χ3n) is 1.59. The van der Waals surface area contributed by atoms with Crippen LogP contribution in [0.25, 0.3) is 0 Å². The van der Waals surface area contributed by atoms with Gasteiger partial charge in [-0.05, 0) is 18.2 Å². The third-order valence-corrected chi connectivity index (χ3v) is 1.59. The van der Waals surface area contributed by atoms with Gasteiger partial charge in [0.2, 0.25) is 0 Å². The standard InChI is InChI=1S/C10H11N3O/c1-2-3-13-10(14)7-4-8(11)6-9(12)5-7/h1,4-6H,3,11-12H2,(H,13,14). The Labute approximate surface area is 82.3 Å². The summed E-state index contributed by atoms with van der Waals surface area (Å²) in [6.07, 6.45) is 5.00. The summed E-state index contributed by atoms with van der Waals surface area (Å²) in [4.78, 5) is 11.4. The molecule has 4 nitrogen and oxygen atoms in total. The van der Waals surface area contributed by atoms with Crippen molar-refractivity contribution >= 4 is 17.3 Å². The van der Waals surface area contributed by atoms with Crippen molar-refractivity contribution < 1.29 is 4.79 Å². The van der Waals surface area contributed by atoms with E-state index in [1.54, 1.807) is 18.2 Å². The van der Waals surface area contributed by atoms with Crippen LogP contribution in [0.15, 0.2) is 18.2 Å². The summed E-state index contributed by atoms with van der Waals surface area (Å²) in [6.45, 7) is 0.188. The van der Waals surface area contributed by atoms with E-state index in [1.807, 2.05) is 0 Å². The Hall–Kier alpha value is -2.15. The molecule has 1 rings (SSSR count). The Bertz CT molecular complexity index is 373. The maximum absolute atomic E-state index is 11.4. The SMILES string of the molecule is C#CCNC(=O)c1cc(N)cc(N)c1. The number of benzene rings is 1. The second-order valence-corrected chi connectivity index (χ2v) is 2.78. The van der Waals surface area contributed by atoms with E-state index < -0.39 is 0 Å². The molecule has 0 radical (unpaired) electrons. The lowest BCUT2D eigenvalue weighted by Crippen LogP contribution is -2.23. The molecule has 1 amide bonds. The van der Waals surface area contributed by atoms with Gasteiger partial charge in [0.15, 0.2) is 0 Å². The molecule has 0 saturated carbocycles. The summed E-state index contributed by atoms with van der Waals surface area (Å²) < 4.78 is 0. The number of nitrogens with one attached hydrogen (secondary N) is 1. The van der Waals surface area contributed by atoms with Crippen LogP contribution < -0.4 is 16.8 Å². The number of carbonyl (C=O) groups is 1. The van der Waals surface area contributed by atoms with Crippen molar-refractivity contribution in [2.24, 2.45) is 0 Å². The number of terminal acetylenes is 1. The van der Waals surface area contributed by atoms with Gasteiger partial charge in [-0.15, -0.1) is 6.42 Å². The minimum atomic E-state index is -0.276. The van der Waals surface area contributed by atoms with Crippen LogP contribution in [0.3, 0.4) is 0 Å². The molecule has 0 aliphatic heterocycles. The molecular formula is C10H11N3O. The molecule has 1 aromatic carbocycles. The number of hydrogen-bond donors (Lipinski definition) is 3. The molecule has 0 bridgehead atoms. The molecule has 0 spiro atoms. The predicted molar refractivity (Wildman–Crippen MR) is 56.4 cm³/mol. The van der Waals surface area contributed by atoms with Gasteiger partial charge >= 0.3 is 0 Å². The molecule has 4 heteroatoms.